The molecule has 0 saturated heterocycles. The van der Waals surface area contributed by atoms with Gasteiger partial charge in [-0.3, -0.25) is 0 Å². The topological polar surface area (TPSA) is 94.9 Å². The lowest BCUT2D eigenvalue weighted by atomic mass is 9.68. The number of ether oxygens (including phenoxy) is 2. The van der Waals surface area contributed by atoms with Gasteiger partial charge in [-0.1, -0.05) is 54.1 Å². The molecule has 202 valence electrons. The van der Waals surface area contributed by atoms with Crippen molar-refractivity contribution in [3.05, 3.63) is 101 Å². The van der Waals surface area contributed by atoms with E-state index in [1.807, 2.05) is 19.1 Å². The molecule has 2 aromatic carbocycles. The van der Waals surface area contributed by atoms with Gasteiger partial charge >= 0.3 is 11.9 Å². The van der Waals surface area contributed by atoms with Crippen molar-refractivity contribution in [3.8, 4) is 0 Å². The predicted octanol–water partition coefficient (Wildman–Crippen LogP) is 4.45. The van der Waals surface area contributed by atoms with Crippen LogP contribution in [0.4, 0.5) is 0 Å². The molecule has 9 heteroatoms. The van der Waals surface area contributed by atoms with Crippen LogP contribution in [0.5, 0.6) is 0 Å². The lowest BCUT2D eigenvalue weighted by molar-refractivity contribution is -0.140. The number of hydrogen-bond donors (Lipinski definition) is 0. The number of hydrogen-bond acceptors (Lipinski definition) is 7. The first kappa shape index (κ1) is 26.5. The van der Waals surface area contributed by atoms with Gasteiger partial charge < -0.3 is 14.4 Å². The molecule has 0 saturated carbocycles. The molecule has 0 spiro atoms. The molecule has 0 bridgehead atoms. The third-order valence-electron chi connectivity index (χ3n) is 7.87. The lowest BCUT2D eigenvalue weighted by Gasteiger charge is -2.42. The zero-order valence-corrected chi connectivity index (χ0v) is 23.2. The zero-order chi connectivity index (χ0) is 28.3. The molecule has 2 aliphatic rings. The van der Waals surface area contributed by atoms with Crippen LogP contribution < -0.4 is 0 Å². The summed E-state index contributed by atoms with van der Waals surface area (Å²) in [6.45, 7) is 12.2. The van der Waals surface area contributed by atoms with Crippen molar-refractivity contribution in [2.24, 2.45) is 5.41 Å². The van der Waals surface area contributed by atoms with Crippen LogP contribution in [0, 0.1) is 12.3 Å². The minimum absolute atomic E-state index is 0.0208. The Balaban J connectivity index is 1.93. The Morgan fingerprint density at radius 3 is 2.28 bits per heavy atom. The number of rotatable bonds is 6. The number of carbonyl (C=O) groups excluding carboxylic acids is 2. The molecule has 5 rings (SSSR count). The standard InChI is InChI=1S/C30H30N2O6S/c1-7-30(18(2)3)24(28(33)37-5)26(29(34)38-6)31-17-16-22-21-10-8-9-11-23(21)32(25(22)27(30)31)39(35,36)20-14-12-19(4)13-15-20/h7-15,27H,1-2,16-17H2,3-6H3. The van der Waals surface area contributed by atoms with Crippen LogP contribution in [-0.4, -0.2) is 50.0 Å². The van der Waals surface area contributed by atoms with Crippen molar-refractivity contribution in [2.45, 2.75) is 31.2 Å². The number of nitrogens with zero attached hydrogens (tertiary/aromatic N) is 2. The average Bonchev–Trinajstić information content (AvgIpc) is 3.43. The van der Waals surface area contributed by atoms with E-state index < -0.39 is 33.4 Å². The van der Waals surface area contributed by atoms with Crippen LogP contribution in [0.2, 0.25) is 0 Å². The van der Waals surface area contributed by atoms with Gasteiger partial charge in [0.25, 0.3) is 10.0 Å². The van der Waals surface area contributed by atoms with Gasteiger partial charge in [-0.2, -0.15) is 0 Å². The maximum Gasteiger partial charge on any atom is 0.354 e. The van der Waals surface area contributed by atoms with Crippen LogP contribution in [0.1, 0.15) is 29.8 Å². The molecular formula is C30H30N2O6S. The van der Waals surface area contributed by atoms with Gasteiger partial charge in [0, 0.05) is 11.9 Å². The summed E-state index contributed by atoms with van der Waals surface area (Å²) >= 11 is 0. The smallest absolute Gasteiger partial charge is 0.354 e. The van der Waals surface area contributed by atoms with E-state index in [4.69, 9.17) is 9.47 Å². The van der Waals surface area contributed by atoms with Crippen LogP contribution >= 0.6 is 0 Å². The van der Waals surface area contributed by atoms with Crippen molar-refractivity contribution in [1.82, 2.24) is 8.87 Å². The summed E-state index contributed by atoms with van der Waals surface area (Å²) in [6, 6.07) is 13.2. The van der Waals surface area contributed by atoms with Crippen molar-refractivity contribution >= 4 is 32.9 Å². The zero-order valence-electron chi connectivity index (χ0n) is 22.4. The minimum atomic E-state index is -4.11. The highest BCUT2D eigenvalue weighted by Crippen LogP contribution is 2.60. The van der Waals surface area contributed by atoms with Crippen molar-refractivity contribution in [1.29, 1.82) is 0 Å². The molecule has 2 aliphatic heterocycles. The van der Waals surface area contributed by atoms with Gasteiger partial charge in [0.15, 0.2) is 0 Å². The number of aromatic nitrogens is 1. The molecule has 0 N–H and O–H groups in total. The molecule has 2 unspecified atom stereocenters. The first-order chi connectivity index (χ1) is 18.6. The van der Waals surface area contributed by atoms with Gasteiger partial charge in [0.05, 0.1) is 47.4 Å². The lowest BCUT2D eigenvalue weighted by Crippen LogP contribution is -2.42. The Labute approximate surface area is 227 Å². The maximum absolute atomic E-state index is 14.4. The average molecular weight is 547 g/mol. The van der Waals surface area contributed by atoms with Crippen LogP contribution in [0.25, 0.3) is 10.9 Å². The quantitative estimate of drug-likeness (QED) is 0.333. The molecule has 39 heavy (non-hydrogen) atoms. The number of benzene rings is 2. The van der Waals surface area contributed by atoms with Gasteiger partial charge in [0.1, 0.15) is 5.70 Å². The van der Waals surface area contributed by atoms with Crippen LogP contribution in [0.15, 0.2) is 89.5 Å². The predicted molar refractivity (Wildman–Crippen MR) is 147 cm³/mol. The third-order valence-corrected chi connectivity index (χ3v) is 9.62. The molecule has 3 aromatic rings. The fourth-order valence-corrected chi connectivity index (χ4v) is 7.69. The summed E-state index contributed by atoms with van der Waals surface area (Å²) in [5.41, 5.74) is 1.92. The number of carbonyl (C=O) groups is 2. The van der Waals surface area contributed by atoms with Crippen molar-refractivity contribution < 1.29 is 27.5 Å². The largest absolute Gasteiger partial charge is 0.466 e. The fraction of sp³-hybridized carbons (Fsp3) is 0.267. The Hall–Kier alpha value is -4.11. The molecule has 3 heterocycles. The van der Waals surface area contributed by atoms with E-state index in [1.54, 1.807) is 54.3 Å². The molecule has 0 aliphatic carbocycles. The Morgan fingerprint density at radius 1 is 1.05 bits per heavy atom. The molecule has 8 nitrogen and oxygen atoms in total. The summed E-state index contributed by atoms with van der Waals surface area (Å²) < 4.78 is 40.4. The highest BCUT2D eigenvalue weighted by atomic mass is 32.2. The first-order valence-electron chi connectivity index (χ1n) is 12.5. The Bertz CT molecular complexity index is 1700. The second kappa shape index (κ2) is 9.27. The molecule has 0 fully saturated rings. The monoisotopic (exact) mass is 546 g/mol. The molecule has 1 aromatic heterocycles. The summed E-state index contributed by atoms with van der Waals surface area (Å²) in [5, 5.41) is 0.786. The minimum Gasteiger partial charge on any atom is -0.466 e. The highest BCUT2D eigenvalue weighted by Gasteiger charge is 2.60. The number of aryl methyl sites for hydroxylation is 1. The molecular weight excluding hydrogens is 516 g/mol. The highest BCUT2D eigenvalue weighted by molar-refractivity contribution is 7.90. The third kappa shape index (κ3) is 3.52. The number of fused-ring (bicyclic) bond motifs is 5. The number of methoxy groups -OCH3 is 2. The van der Waals surface area contributed by atoms with Gasteiger partial charge in [0.2, 0.25) is 0 Å². The van der Waals surface area contributed by atoms with Crippen LogP contribution in [0.3, 0.4) is 0 Å². The molecule has 0 radical (unpaired) electrons. The second-order valence-corrected chi connectivity index (χ2v) is 11.7. The fourth-order valence-electron chi connectivity index (χ4n) is 6.12. The van der Waals surface area contributed by atoms with Crippen molar-refractivity contribution in [2.75, 3.05) is 20.8 Å². The maximum atomic E-state index is 14.4. The van der Waals surface area contributed by atoms with E-state index in [1.165, 1.54) is 18.2 Å². The summed E-state index contributed by atoms with van der Waals surface area (Å²) in [6.07, 6.45) is 1.99. The number of esters is 2. The van der Waals surface area contributed by atoms with E-state index in [9.17, 15) is 18.0 Å². The van der Waals surface area contributed by atoms with E-state index in [0.29, 0.717) is 29.7 Å². The van der Waals surface area contributed by atoms with Crippen LogP contribution in [-0.2, 0) is 35.5 Å². The SMILES string of the molecule is C=CC1(C(=C)C)C(C(=O)OC)=C(C(=O)OC)N2CCc3c(n(S(=O)(=O)c4ccc(C)cc4)c4ccccc34)C21. The number of para-hydroxylation sites is 1. The van der Waals surface area contributed by atoms with Gasteiger partial charge in [-0.15, -0.1) is 6.58 Å². The van der Waals surface area contributed by atoms with E-state index in [0.717, 1.165) is 16.5 Å². The summed E-state index contributed by atoms with van der Waals surface area (Å²) in [4.78, 5) is 28.5. The first-order valence-corrected chi connectivity index (χ1v) is 13.9. The summed E-state index contributed by atoms with van der Waals surface area (Å²) in [5.74, 6) is -1.46. The van der Waals surface area contributed by atoms with Gasteiger partial charge in [-0.25, -0.2) is 22.0 Å². The van der Waals surface area contributed by atoms with E-state index >= 15 is 0 Å². The van der Waals surface area contributed by atoms with E-state index in [2.05, 4.69) is 13.2 Å². The molecule has 0 amide bonds. The van der Waals surface area contributed by atoms with Crippen molar-refractivity contribution in [3.63, 3.8) is 0 Å². The summed E-state index contributed by atoms with van der Waals surface area (Å²) in [7, 11) is -1.64. The Kier molecular flexibility index (Phi) is 6.30. The van der Waals surface area contributed by atoms with Gasteiger partial charge in [-0.05, 0) is 44.0 Å². The van der Waals surface area contributed by atoms with E-state index in [-0.39, 0.29) is 16.2 Å². The molecule has 2 atom stereocenters. The Morgan fingerprint density at radius 2 is 1.69 bits per heavy atom. The normalized spacial score (nSPS) is 20.4. The second-order valence-electron chi connectivity index (χ2n) is 9.87.